The molecule has 0 N–H and O–H groups in total. The zero-order chi connectivity index (χ0) is 9.26. The molecule has 2 nitrogen and oxygen atoms in total. The summed E-state index contributed by atoms with van der Waals surface area (Å²) < 4.78 is 0. The van der Waals surface area contributed by atoms with Crippen LogP contribution < -0.4 is 0 Å². The summed E-state index contributed by atoms with van der Waals surface area (Å²) in [7, 11) is 0. The summed E-state index contributed by atoms with van der Waals surface area (Å²) >= 11 is 0. The highest BCUT2D eigenvalue weighted by Gasteiger charge is 2.37. The van der Waals surface area contributed by atoms with Gasteiger partial charge in [-0.15, -0.1) is 0 Å². The van der Waals surface area contributed by atoms with Gasteiger partial charge < -0.3 is 0 Å². The van der Waals surface area contributed by atoms with Crippen molar-refractivity contribution in [2.45, 2.75) is 44.9 Å². The molecule has 0 aromatic carbocycles. The Morgan fingerprint density at radius 3 is 2.69 bits per heavy atom. The Morgan fingerprint density at radius 1 is 1.00 bits per heavy atom. The van der Waals surface area contributed by atoms with Gasteiger partial charge in [0.25, 0.3) is 0 Å². The number of carbonyl (C=O) groups is 2. The van der Waals surface area contributed by atoms with E-state index in [1.807, 2.05) is 0 Å². The summed E-state index contributed by atoms with van der Waals surface area (Å²) in [6.45, 7) is 0. The summed E-state index contributed by atoms with van der Waals surface area (Å²) in [4.78, 5) is 22.9. The maximum absolute atomic E-state index is 11.6. The first kappa shape index (κ1) is 8.92. The Balaban J connectivity index is 2.09. The maximum Gasteiger partial charge on any atom is 0.136 e. The Kier molecular flexibility index (Phi) is 2.47. The molecule has 0 amide bonds. The first-order chi connectivity index (χ1) is 6.27. The van der Waals surface area contributed by atoms with Gasteiger partial charge in [-0.05, 0) is 18.8 Å². The molecule has 2 aliphatic carbocycles. The van der Waals surface area contributed by atoms with E-state index in [2.05, 4.69) is 0 Å². The van der Waals surface area contributed by atoms with Crippen LogP contribution in [0.4, 0.5) is 0 Å². The van der Waals surface area contributed by atoms with Crippen molar-refractivity contribution in [3.63, 3.8) is 0 Å². The van der Waals surface area contributed by atoms with E-state index in [-0.39, 0.29) is 5.92 Å². The molecule has 0 saturated heterocycles. The second-order valence-corrected chi connectivity index (χ2v) is 4.38. The lowest BCUT2D eigenvalue weighted by Crippen LogP contribution is -2.20. The van der Waals surface area contributed by atoms with Gasteiger partial charge in [0.1, 0.15) is 11.6 Å². The third-order valence-electron chi connectivity index (χ3n) is 3.42. The summed E-state index contributed by atoms with van der Waals surface area (Å²) in [5, 5.41) is 0. The van der Waals surface area contributed by atoms with Crippen molar-refractivity contribution < 1.29 is 9.59 Å². The van der Waals surface area contributed by atoms with Crippen molar-refractivity contribution in [3.05, 3.63) is 0 Å². The van der Waals surface area contributed by atoms with E-state index >= 15 is 0 Å². The molecule has 0 bridgehead atoms. The van der Waals surface area contributed by atoms with Crippen LogP contribution in [0.1, 0.15) is 44.9 Å². The fourth-order valence-corrected chi connectivity index (χ4v) is 2.68. The predicted molar refractivity (Wildman–Crippen MR) is 49.3 cm³/mol. The van der Waals surface area contributed by atoms with Crippen molar-refractivity contribution in [3.8, 4) is 0 Å². The number of carbonyl (C=O) groups excluding carboxylic acids is 2. The van der Waals surface area contributed by atoms with Crippen LogP contribution in [0, 0.1) is 11.8 Å². The molecule has 72 valence electrons. The average molecular weight is 180 g/mol. The van der Waals surface area contributed by atoms with Gasteiger partial charge in [0.2, 0.25) is 0 Å². The van der Waals surface area contributed by atoms with E-state index in [9.17, 15) is 9.59 Å². The Bertz CT molecular complexity index is 232. The summed E-state index contributed by atoms with van der Waals surface area (Å²) in [6, 6.07) is 0. The minimum atomic E-state index is 0.104. The molecule has 0 radical (unpaired) electrons. The number of hydrogen-bond donors (Lipinski definition) is 0. The van der Waals surface area contributed by atoms with Crippen LogP contribution in [0.15, 0.2) is 0 Å². The van der Waals surface area contributed by atoms with Gasteiger partial charge in [0.05, 0.1) is 0 Å². The van der Waals surface area contributed by atoms with E-state index in [1.165, 1.54) is 12.8 Å². The normalized spacial score (nSPS) is 35.4. The number of hydrogen-bond acceptors (Lipinski definition) is 2. The van der Waals surface area contributed by atoms with Crippen LogP contribution in [0.5, 0.6) is 0 Å². The molecule has 2 aliphatic rings. The van der Waals surface area contributed by atoms with Crippen molar-refractivity contribution in [2.24, 2.45) is 11.8 Å². The van der Waals surface area contributed by atoms with Crippen LogP contribution in [-0.4, -0.2) is 11.6 Å². The third-order valence-corrected chi connectivity index (χ3v) is 3.42. The van der Waals surface area contributed by atoms with Gasteiger partial charge in [-0.3, -0.25) is 9.59 Å². The molecule has 2 saturated carbocycles. The van der Waals surface area contributed by atoms with Gasteiger partial charge in [-0.1, -0.05) is 12.8 Å². The second kappa shape index (κ2) is 3.60. The minimum absolute atomic E-state index is 0.104. The van der Waals surface area contributed by atoms with E-state index < -0.39 is 0 Å². The van der Waals surface area contributed by atoms with E-state index in [0.29, 0.717) is 36.7 Å². The number of ketones is 2. The van der Waals surface area contributed by atoms with Gasteiger partial charge in [-0.25, -0.2) is 0 Å². The van der Waals surface area contributed by atoms with Crippen molar-refractivity contribution in [1.29, 1.82) is 0 Å². The molecule has 0 heterocycles. The second-order valence-electron chi connectivity index (χ2n) is 4.38. The summed E-state index contributed by atoms with van der Waals surface area (Å²) in [6.07, 6.45) is 6.46. The first-order valence-corrected chi connectivity index (χ1v) is 5.32. The topological polar surface area (TPSA) is 34.1 Å². The van der Waals surface area contributed by atoms with E-state index in [4.69, 9.17) is 0 Å². The molecule has 13 heavy (non-hydrogen) atoms. The number of rotatable bonds is 0. The molecule has 0 aliphatic heterocycles. The lowest BCUT2D eigenvalue weighted by molar-refractivity contribution is -0.125. The van der Waals surface area contributed by atoms with Gasteiger partial charge >= 0.3 is 0 Å². The van der Waals surface area contributed by atoms with Crippen LogP contribution in [0.25, 0.3) is 0 Å². The molecule has 0 spiro atoms. The first-order valence-electron chi connectivity index (χ1n) is 5.32. The molecular weight excluding hydrogens is 164 g/mol. The van der Waals surface area contributed by atoms with Crippen LogP contribution in [0.3, 0.4) is 0 Å². The van der Waals surface area contributed by atoms with Gasteiger partial charge in [-0.2, -0.15) is 0 Å². The molecular formula is C11H16O2. The van der Waals surface area contributed by atoms with Crippen LogP contribution >= 0.6 is 0 Å². The fraction of sp³-hybridized carbons (Fsp3) is 0.818. The average Bonchev–Trinajstić information content (AvgIpc) is 2.43. The third kappa shape index (κ3) is 1.82. The van der Waals surface area contributed by atoms with Crippen molar-refractivity contribution >= 4 is 11.6 Å². The van der Waals surface area contributed by atoms with Crippen LogP contribution in [0.2, 0.25) is 0 Å². The predicted octanol–water partition coefficient (Wildman–Crippen LogP) is 2.11. The molecule has 0 aromatic rings. The minimum Gasteiger partial charge on any atom is -0.300 e. The SMILES string of the molecule is O=C1C[C@@H]2CCCCCC(=O)[C@@H]2C1. The number of fused-ring (bicyclic) bond motifs is 1. The largest absolute Gasteiger partial charge is 0.300 e. The smallest absolute Gasteiger partial charge is 0.136 e. The zero-order valence-electron chi connectivity index (χ0n) is 7.92. The Hall–Kier alpha value is -0.660. The van der Waals surface area contributed by atoms with E-state index in [1.54, 1.807) is 0 Å². The van der Waals surface area contributed by atoms with E-state index in [0.717, 1.165) is 12.8 Å². The Labute approximate surface area is 78.7 Å². The fourth-order valence-electron chi connectivity index (χ4n) is 2.68. The Morgan fingerprint density at radius 2 is 1.85 bits per heavy atom. The maximum atomic E-state index is 11.6. The van der Waals surface area contributed by atoms with Crippen LogP contribution in [-0.2, 0) is 9.59 Å². The zero-order valence-corrected chi connectivity index (χ0v) is 7.92. The number of Topliss-reactive ketones (excluding diaryl/α,β-unsaturated/α-hetero) is 2. The molecule has 2 fully saturated rings. The lowest BCUT2D eigenvalue weighted by Gasteiger charge is -2.20. The monoisotopic (exact) mass is 180 g/mol. The molecule has 2 rings (SSSR count). The highest BCUT2D eigenvalue weighted by molar-refractivity contribution is 5.91. The quantitative estimate of drug-likeness (QED) is 0.572. The summed E-state index contributed by atoms with van der Waals surface area (Å²) in [5.74, 6) is 1.17. The lowest BCUT2D eigenvalue weighted by atomic mass is 9.83. The standard InChI is InChI=1S/C11H16O2/c12-9-6-8-4-2-1-3-5-11(13)10(8)7-9/h8,10H,1-7H2/t8-,10+/m0/s1. The molecule has 2 heteroatoms. The highest BCUT2D eigenvalue weighted by Crippen LogP contribution is 2.36. The molecule has 0 aromatic heterocycles. The van der Waals surface area contributed by atoms with Gasteiger partial charge in [0.15, 0.2) is 0 Å². The molecule has 2 atom stereocenters. The highest BCUT2D eigenvalue weighted by atomic mass is 16.1. The van der Waals surface area contributed by atoms with Crippen molar-refractivity contribution in [1.82, 2.24) is 0 Å². The van der Waals surface area contributed by atoms with Crippen molar-refractivity contribution in [2.75, 3.05) is 0 Å². The molecule has 0 unspecified atom stereocenters. The van der Waals surface area contributed by atoms with Gasteiger partial charge in [0, 0.05) is 25.2 Å². The summed E-state index contributed by atoms with van der Waals surface area (Å²) in [5.41, 5.74) is 0.